The van der Waals surface area contributed by atoms with Gasteiger partial charge in [0.15, 0.2) is 5.65 Å². The molecule has 3 rings (SSSR count). The smallest absolute Gasteiger partial charge is 0.256 e. The lowest BCUT2D eigenvalue weighted by atomic mass is 10.1. The quantitative estimate of drug-likeness (QED) is 0.748. The van der Waals surface area contributed by atoms with E-state index in [1.807, 2.05) is 51.4 Å². The normalized spacial score (nSPS) is 11.0. The van der Waals surface area contributed by atoms with Crippen LogP contribution in [-0.2, 0) is 7.05 Å². The van der Waals surface area contributed by atoms with Crippen molar-refractivity contribution in [1.82, 2.24) is 14.8 Å². The molecule has 0 aliphatic heterocycles. The predicted molar refractivity (Wildman–Crippen MR) is 94.2 cm³/mol. The van der Waals surface area contributed by atoms with Crippen LogP contribution in [-0.4, -0.2) is 26.9 Å². The first-order chi connectivity index (χ1) is 11.0. The topological polar surface area (TPSA) is 59.8 Å². The molecule has 0 saturated heterocycles. The molecule has 0 bridgehead atoms. The van der Waals surface area contributed by atoms with E-state index in [1.165, 1.54) is 0 Å². The van der Waals surface area contributed by atoms with E-state index in [0.717, 1.165) is 27.2 Å². The number of hydrogen-bond acceptors (Lipinski definition) is 4. The number of carbonyl (C=O) groups is 1. The van der Waals surface area contributed by atoms with Gasteiger partial charge >= 0.3 is 0 Å². The third kappa shape index (κ3) is 2.94. The van der Waals surface area contributed by atoms with Crippen molar-refractivity contribution in [2.75, 3.05) is 11.6 Å². The third-order valence-corrected chi connectivity index (χ3v) is 4.54. The van der Waals surface area contributed by atoms with Crippen molar-refractivity contribution in [2.24, 2.45) is 7.05 Å². The number of hydrogen-bond donors (Lipinski definition) is 1. The molecule has 2 aromatic heterocycles. The average molecular weight is 326 g/mol. The van der Waals surface area contributed by atoms with E-state index in [9.17, 15) is 4.79 Å². The summed E-state index contributed by atoms with van der Waals surface area (Å²) in [5, 5.41) is 8.22. The second kappa shape index (κ2) is 6.04. The summed E-state index contributed by atoms with van der Waals surface area (Å²) < 4.78 is 1.74. The molecule has 23 heavy (non-hydrogen) atoms. The minimum atomic E-state index is -0.124. The van der Waals surface area contributed by atoms with Crippen LogP contribution in [0.2, 0.25) is 0 Å². The number of anilines is 1. The van der Waals surface area contributed by atoms with E-state index in [-0.39, 0.29) is 5.91 Å². The van der Waals surface area contributed by atoms with Crippen molar-refractivity contribution in [2.45, 2.75) is 18.7 Å². The monoisotopic (exact) mass is 326 g/mol. The van der Waals surface area contributed by atoms with E-state index in [1.54, 1.807) is 22.6 Å². The molecule has 6 heteroatoms. The SMILES string of the molecule is CSc1ccc(C)c(C(=O)Nc2cnc3c(c2)c(C)nn3C)c1. The summed E-state index contributed by atoms with van der Waals surface area (Å²) >= 11 is 1.62. The minimum Gasteiger partial charge on any atom is -0.321 e. The number of fused-ring (bicyclic) bond motifs is 1. The van der Waals surface area contributed by atoms with Crippen LogP contribution in [0.1, 0.15) is 21.6 Å². The highest BCUT2D eigenvalue weighted by Gasteiger charge is 2.12. The van der Waals surface area contributed by atoms with Gasteiger partial charge in [0, 0.05) is 22.9 Å². The lowest BCUT2D eigenvalue weighted by Gasteiger charge is -2.09. The number of benzene rings is 1. The molecule has 0 unspecified atom stereocenters. The second-order valence-corrected chi connectivity index (χ2v) is 6.32. The van der Waals surface area contributed by atoms with Crippen molar-refractivity contribution in [3.8, 4) is 0 Å². The standard InChI is InChI=1S/C17H18N4OS/c1-10-5-6-13(23-4)8-14(10)17(22)19-12-7-15-11(2)20-21(3)16(15)18-9-12/h5-9H,1-4H3,(H,19,22). The van der Waals surface area contributed by atoms with Crippen LogP contribution >= 0.6 is 11.8 Å². The maximum atomic E-state index is 12.6. The zero-order valence-corrected chi connectivity index (χ0v) is 14.4. The van der Waals surface area contributed by atoms with Gasteiger partial charge in [-0.25, -0.2) is 4.98 Å². The van der Waals surface area contributed by atoms with Crippen molar-refractivity contribution >= 4 is 34.4 Å². The van der Waals surface area contributed by atoms with Crippen LogP contribution in [0.3, 0.4) is 0 Å². The highest BCUT2D eigenvalue weighted by molar-refractivity contribution is 7.98. The Balaban J connectivity index is 1.92. The summed E-state index contributed by atoms with van der Waals surface area (Å²) in [5.74, 6) is -0.124. The molecule has 5 nitrogen and oxygen atoms in total. The molecule has 0 aliphatic rings. The molecular weight excluding hydrogens is 308 g/mol. The van der Waals surface area contributed by atoms with Gasteiger partial charge < -0.3 is 5.32 Å². The van der Waals surface area contributed by atoms with Crippen molar-refractivity contribution in [3.63, 3.8) is 0 Å². The second-order valence-electron chi connectivity index (χ2n) is 5.44. The van der Waals surface area contributed by atoms with Crippen molar-refractivity contribution in [1.29, 1.82) is 0 Å². The van der Waals surface area contributed by atoms with E-state index in [4.69, 9.17) is 0 Å². The number of nitrogens with one attached hydrogen (secondary N) is 1. The molecule has 0 radical (unpaired) electrons. The number of amides is 1. The van der Waals surface area contributed by atoms with Gasteiger partial charge in [0.1, 0.15) is 0 Å². The Morgan fingerprint density at radius 1 is 1.26 bits per heavy atom. The molecule has 1 amide bonds. The lowest BCUT2D eigenvalue weighted by molar-refractivity contribution is 0.102. The molecule has 0 spiro atoms. The Morgan fingerprint density at radius 3 is 2.78 bits per heavy atom. The zero-order chi connectivity index (χ0) is 16.6. The molecule has 0 atom stereocenters. The Hall–Kier alpha value is -2.34. The predicted octanol–water partition coefficient (Wildman–Crippen LogP) is 3.56. The number of nitrogens with zero attached hydrogens (tertiary/aromatic N) is 3. The Morgan fingerprint density at radius 2 is 2.04 bits per heavy atom. The fourth-order valence-corrected chi connectivity index (χ4v) is 2.99. The Labute approximate surface area is 139 Å². The molecule has 0 fully saturated rings. The van der Waals surface area contributed by atoms with Crippen LogP contribution in [0.4, 0.5) is 5.69 Å². The first-order valence-electron chi connectivity index (χ1n) is 7.25. The first kappa shape index (κ1) is 15.6. The summed E-state index contributed by atoms with van der Waals surface area (Å²) in [4.78, 5) is 18.0. The Kier molecular flexibility index (Phi) is 4.09. The summed E-state index contributed by atoms with van der Waals surface area (Å²) in [6, 6.07) is 7.81. The van der Waals surface area contributed by atoms with Gasteiger partial charge in [-0.1, -0.05) is 6.07 Å². The van der Waals surface area contributed by atoms with Crippen LogP contribution in [0.5, 0.6) is 0 Å². The van der Waals surface area contributed by atoms with Crippen molar-refractivity contribution < 1.29 is 4.79 Å². The molecule has 0 aliphatic carbocycles. The highest BCUT2D eigenvalue weighted by atomic mass is 32.2. The van der Waals surface area contributed by atoms with Gasteiger partial charge in [-0.15, -0.1) is 11.8 Å². The summed E-state index contributed by atoms with van der Waals surface area (Å²) in [6.07, 6.45) is 3.66. The van der Waals surface area contributed by atoms with Gasteiger partial charge in [0.05, 0.1) is 17.6 Å². The zero-order valence-electron chi connectivity index (χ0n) is 13.5. The Bertz CT molecular complexity index is 901. The maximum absolute atomic E-state index is 12.6. The summed E-state index contributed by atoms with van der Waals surface area (Å²) in [6.45, 7) is 3.87. The fraction of sp³-hybridized carbons (Fsp3) is 0.235. The van der Waals surface area contributed by atoms with Gasteiger partial charge in [0.2, 0.25) is 0 Å². The van der Waals surface area contributed by atoms with Gasteiger partial charge in [0.25, 0.3) is 5.91 Å². The van der Waals surface area contributed by atoms with Gasteiger partial charge in [-0.3, -0.25) is 9.48 Å². The van der Waals surface area contributed by atoms with E-state index in [0.29, 0.717) is 11.3 Å². The number of aryl methyl sites for hydroxylation is 3. The van der Waals surface area contributed by atoms with E-state index in [2.05, 4.69) is 15.4 Å². The van der Waals surface area contributed by atoms with Crippen LogP contribution in [0.15, 0.2) is 35.4 Å². The molecule has 1 aromatic carbocycles. The van der Waals surface area contributed by atoms with Gasteiger partial charge in [-0.05, 0) is 43.9 Å². The largest absolute Gasteiger partial charge is 0.321 e. The number of pyridine rings is 1. The first-order valence-corrected chi connectivity index (χ1v) is 8.47. The fourth-order valence-electron chi connectivity index (χ4n) is 2.55. The number of thioether (sulfide) groups is 1. The lowest BCUT2D eigenvalue weighted by Crippen LogP contribution is -2.13. The average Bonchev–Trinajstić information content (AvgIpc) is 2.82. The highest BCUT2D eigenvalue weighted by Crippen LogP contribution is 2.22. The van der Waals surface area contributed by atoms with E-state index < -0.39 is 0 Å². The van der Waals surface area contributed by atoms with Crippen LogP contribution in [0, 0.1) is 13.8 Å². The molecule has 118 valence electrons. The van der Waals surface area contributed by atoms with Crippen molar-refractivity contribution in [3.05, 3.63) is 47.3 Å². The number of rotatable bonds is 3. The molecular formula is C17H18N4OS. The molecule has 1 N–H and O–H groups in total. The molecule has 3 aromatic rings. The maximum Gasteiger partial charge on any atom is 0.256 e. The van der Waals surface area contributed by atoms with Gasteiger partial charge in [-0.2, -0.15) is 5.10 Å². The van der Waals surface area contributed by atoms with Crippen LogP contribution in [0.25, 0.3) is 11.0 Å². The summed E-state index contributed by atoms with van der Waals surface area (Å²) in [7, 11) is 1.86. The van der Waals surface area contributed by atoms with E-state index >= 15 is 0 Å². The number of aromatic nitrogens is 3. The molecule has 2 heterocycles. The summed E-state index contributed by atoms with van der Waals surface area (Å²) in [5.41, 5.74) is 4.01. The third-order valence-electron chi connectivity index (χ3n) is 3.81. The minimum absolute atomic E-state index is 0.124. The molecule has 0 saturated carbocycles. The van der Waals surface area contributed by atoms with Crippen LogP contribution < -0.4 is 5.32 Å². The number of carbonyl (C=O) groups excluding carboxylic acids is 1.